The molecule has 0 saturated carbocycles. The van der Waals surface area contributed by atoms with Gasteiger partial charge >= 0.3 is 0 Å². The van der Waals surface area contributed by atoms with Crippen LogP contribution in [0.3, 0.4) is 0 Å². The van der Waals surface area contributed by atoms with Crippen molar-refractivity contribution in [2.24, 2.45) is 0 Å². The van der Waals surface area contributed by atoms with Gasteiger partial charge in [-0.15, -0.1) is 0 Å². The van der Waals surface area contributed by atoms with Gasteiger partial charge in [0.1, 0.15) is 23.9 Å². The number of rotatable bonds is 6. The topological polar surface area (TPSA) is 56.6 Å². The van der Waals surface area contributed by atoms with Crippen LogP contribution < -0.4 is 9.47 Å². The molecule has 158 valence electrons. The van der Waals surface area contributed by atoms with Gasteiger partial charge in [0.05, 0.1) is 24.7 Å². The molecular weight excluding hydrogens is 378 g/mol. The van der Waals surface area contributed by atoms with E-state index in [-0.39, 0.29) is 17.4 Å². The summed E-state index contributed by atoms with van der Waals surface area (Å²) >= 11 is 0. The van der Waals surface area contributed by atoms with Gasteiger partial charge in [-0.2, -0.15) is 0 Å². The number of likely N-dealkylation sites (tertiary alicyclic amines) is 1. The third-order valence-electron chi connectivity index (χ3n) is 5.63. The second kappa shape index (κ2) is 8.01. The molecule has 0 aliphatic carbocycles. The van der Waals surface area contributed by atoms with Crippen LogP contribution in [0.5, 0.6) is 11.5 Å². The SMILES string of the molecule is COc1ccc(OCCn2c([C@H]3CC(=O)N(C(C)(C)C)C3)nc3ccccc32)cc1. The van der Waals surface area contributed by atoms with Gasteiger partial charge < -0.3 is 18.9 Å². The molecule has 1 atom stereocenters. The highest BCUT2D eigenvalue weighted by molar-refractivity contribution is 5.81. The van der Waals surface area contributed by atoms with Crippen LogP contribution in [-0.2, 0) is 11.3 Å². The van der Waals surface area contributed by atoms with Crippen molar-refractivity contribution in [3.05, 3.63) is 54.4 Å². The van der Waals surface area contributed by atoms with Crippen molar-refractivity contribution in [3.63, 3.8) is 0 Å². The number of benzene rings is 2. The van der Waals surface area contributed by atoms with E-state index in [4.69, 9.17) is 14.5 Å². The van der Waals surface area contributed by atoms with Crippen molar-refractivity contribution in [1.29, 1.82) is 0 Å². The minimum Gasteiger partial charge on any atom is -0.497 e. The van der Waals surface area contributed by atoms with E-state index in [1.807, 2.05) is 47.4 Å². The van der Waals surface area contributed by atoms with E-state index < -0.39 is 0 Å². The largest absolute Gasteiger partial charge is 0.497 e. The smallest absolute Gasteiger partial charge is 0.223 e. The Morgan fingerprint density at radius 1 is 1.07 bits per heavy atom. The molecule has 0 spiro atoms. The molecule has 1 aliphatic heterocycles. The highest BCUT2D eigenvalue weighted by Crippen LogP contribution is 2.33. The van der Waals surface area contributed by atoms with Crippen molar-refractivity contribution in [2.75, 3.05) is 20.3 Å². The lowest BCUT2D eigenvalue weighted by atomic mass is 10.1. The fourth-order valence-electron chi connectivity index (χ4n) is 4.10. The molecule has 4 rings (SSSR count). The van der Waals surface area contributed by atoms with Gasteiger partial charge in [0.25, 0.3) is 0 Å². The summed E-state index contributed by atoms with van der Waals surface area (Å²) in [6.07, 6.45) is 0.500. The van der Waals surface area contributed by atoms with E-state index >= 15 is 0 Å². The third kappa shape index (κ3) is 3.99. The van der Waals surface area contributed by atoms with Crippen LogP contribution in [0.25, 0.3) is 11.0 Å². The lowest BCUT2D eigenvalue weighted by Gasteiger charge is -2.32. The number of imidazole rings is 1. The number of methoxy groups -OCH3 is 1. The number of nitrogens with zero attached hydrogens (tertiary/aromatic N) is 3. The lowest BCUT2D eigenvalue weighted by Crippen LogP contribution is -2.42. The molecule has 1 saturated heterocycles. The predicted molar refractivity (Wildman–Crippen MR) is 117 cm³/mol. The molecule has 30 heavy (non-hydrogen) atoms. The second-order valence-corrected chi connectivity index (χ2v) is 8.71. The summed E-state index contributed by atoms with van der Waals surface area (Å²) in [6, 6.07) is 15.7. The fraction of sp³-hybridized carbons (Fsp3) is 0.417. The van der Waals surface area contributed by atoms with Gasteiger partial charge in [-0.05, 0) is 57.2 Å². The molecule has 1 aliphatic rings. The average Bonchev–Trinajstić information content (AvgIpc) is 3.29. The number of aromatic nitrogens is 2. The first-order valence-electron chi connectivity index (χ1n) is 10.4. The molecular formula is C24H29N3O3. The van der Waals surface area contributed by atoms with Crippen molar-refractivity contribution in [3.8, 4) is 11.5 Å². The minimum absolute atomic E-state index is 0.0881. The number of fused-ring (bicyclic) bond motifs is 1. The van der Waals surface area contributed by atoms with E-state index in [0.29, 0.717) is 26.1 Å². The predicted octanol–water partition coefficient (Wildman–Crippen LogP) is 4.24. The summed E-state index contributed by atoms with van der Waals surface area (Å²) in [5, 5.41) is 0. The van der Waals surface area contributed by atoms with E-state index in [0.717, 1.165) is 28.4 Å². The number of ether oxygens (including phenoxy) is 2. The summed E-state index contributed by atoms with van der Waals surface area (Å²) in [6.45, 7) is 8.13. The monoisotopic (exact) mass is 407 g/mol. The molecule has 0 N–H and O–H groups in total. The number of carbonyl (C=O) groups excluding carboxylic acids is 1. The first-order valence-corrected chi connectivity index (χ1v) is 10.4. The Labute approximate surface area is 177 Å². The zero-order chi connectivity index (χ0) is 21.3. The van der Waals surface area contributed by atoms with Gasteiger partial charge in [0.2, 0.25) is 5.91 Å². The first kappa shape index (κ1) is 20.3. The molecule has 2 aromatic carbocycles. The first-order chi connectivity index (χ1) is 14.4. The molecule has 0 unspecified atom stereocenters. The van der Waals surface area contributed by atoms with Gasteiger partial charge in [0.15, 0.2) is 0 Å². The van der Waals surface area contributed by atoms with Crippen LogP contribution in [0.4, 0.5) is 0 Å². The van der Waals surface area contributed by atoms with Crippen molar-refractivity contribution in [2.45, 2.75) is 45.2 Å². The highest BCUT2D eigenvalue weighted by atomic mass is 16.5. The maximum atomic E-state index is 12.6. The van der Waals surface area contributed by atoms with E-state index in [1.54, 1.807) is 7.11 Å². The Balaban J connectivity index is 1.55. The standard InChI is InChI=1S/C24H29N3O3/c1-24(2,3)27-16-17(15-22(27)28)23-25-20-7-5-6-8-21(20)26(23)13-14-30-19-11-9-18(29-4)10-12-19/h5-12,17H,13-16H2,1-4H3/t17-/m0/s1. The number of para-hydroxylation sites is 2. The quantitative estimate of drug-likeness (QED) is 0.613. The van der Waals surface area contributed by atoms with Crippen LogP contribution in [0, 0.1) is 0 Å². The van der Waals surface area contributed by atoms with Gasteiger partial charge in [-0.3, -0.25) is 4.79 Å². The van der Waals surface area contributed by atoms with Crippen LogP contribution in [0.1, 0.15) is 38.9 Å². The minimum atomic E-state index is -0.180. The second-order valence-electron chi connectivity index (χ2n) is 8.71. The van der Waals surface area contributed by atoms with Gasteiger partial charge in [-0.25, -0.2) is 4.98 Å². The Morgan fingerprint density at radius 3 is 2.43 bits per heavy atom. The van der Waals surface area contributed by atoms with Gasteiger partial charge in [-0.1, -0.05) is 12.1 Å². The molecule has 1 aromatic heterocycles. The summed E-state index contributed by atoms with van der Waals surface area (Å²) in [7, 11) is 1.65. The molecule has 6 heteroatoms. The summed E-state index contributed by atoms with van der Waals surface area (Å²) < 4.78 is 13.4. The van der Waals surface area contributed by atoms with Crippen molar-refractivity contribution in [1.82, 2.24) is 14.5 Å². The highest BCUT2D eigenvalue weighted by Gasteiger charge is 2.38. The van der Waals surface area contributed by atoms with Gasteiger partial charge in [0, 0.05) is 24.4 Å². The summed E-state index contributed by atoms with van der Waals surface area (Å²) in [5.41, 5.74) is 1.85. The lowest BCUT2D eigenvalue weighted by molar-refractivity contribution is -0.131. The van der Waals surface area contributed by atoms with E-state index in [9.17, 15) is 4.79 Å². The summed E-state index contributed by atoms with van der Waals surface area (Å²) in [4.78, 5) is 19.5. The molecule has 1 fully saturated rings. The zero-order valence-corrected chi connectivity index (χ0v) is 18.1. The number of hydrogen-bond donors (Lipinski definition) is 0. The fourth-order valence-corrected chi connectivity index (χ4v) is 4.10. The Bertz CT molecular complexity index is 1030. The van der Waals surface area contributed by atoms with E-state index in [2.05, 4.69) is 31.4 Å². The Hall–Kier alpha value is -3.02. The maximum absolute atomic E-state index is 12.6. The number of amides is 1. The van der Waals surface area contributed by atoms with Crippen LogP contribution in [-0.4, -0.2) is 46.2 Å². The van der Waals surface area contributed by atoms with Crippen molar-refractivity contribution < 1.29 is 14.3 Å². The maximum Gasteiger partial charge on any atom is 0.223 e. The molecule has 6 nitrogen and oxygen atoms in total. The molecule has 3 aromatic rings. The molecule has 0 radical (unpaired) electrons. The van der Waals surface area contributed by atoms with Crippen LogP contribution in [0.15, 0.2) is 48.5 Å². The Morgan fingerprint density at radius 2 is 1.77 bits per heavy atom. The van der Waals surface area contributed by atoms with Crippen LogP contribution >= 0.6 is 0 Å². The normalized spacial score (nSPS) is 17.0. The van der Waals surface area contributed by atoms with Crippen molar-refractivity contribution >= 4 is 16.9 Å². The molecule has 1 amide bonds. The third-order valence-corrected chi connectivity index (χ3v) is 5.63. The molecule has 2 heterocycles. The van der Waals surface area contributed by atoms with Crippen LogP contribution in [0.2, 0.25) is 0 Å². The average molecular weight is 408 g/mol. The number of hydrogen-bond acceptors (Lipinski definition) is 4. The Kier molecular flexibility index (Phi) is 5.41. The zero-order valence-electron chi connectivity index (χ0n) is 18.1. The van der Waals surface area contributed by atoms with E-state index in [1.165, 1.54) is 0 Å². The summed E-state index contributed by atoms with van der Waals surface area (Å²) in [5.74, 6) is 2.86. The number of carbonyl (C=O) groups is 1. The molecule has 0 bridgehead atoms.